The Labute approximate surface area is 176 Å². The summed E-state index contributed by atoms with van der Waals surface area (Å²) < 4.78 is 34.4. The van der Waals surface area contributed by atoms with Crippen molar-refractivity contribution in [3.63, 3.8) is 0 Å². The summed E-state index contributed by atoms with van der Waals surface area (Å²) in [5, 5.41) is 2.12. The van der Waals surface area contributed by atoms with E-state index in [0.29, 0.717) is 5.75 Å². The summed E-state index contributed by atoms with van der Waals surface area (Å²) in [6.45, 7) is 2.01. The standard InChI is InChI=1S/C23H28O7/c1-5-8-19(24)30-22-21(27-4)20(26-3)18(14-25-2)29-23(22)28-17-12-11-15-9-6-7-10-16(15)13-17/h5-13,18,20-23H,14H2,1-4H3/b8-5+/t18-,20-,21+,22-,23-/m1/s1. The molecular formula is C23H28O7. The zero-order valence-corrected chi connectivity index (χ0v) is 17.6. The molecule has 7 heteroatoms. The van der Waals surface area contributed by atoms with Crippen LogP contribution in [0.1, 0.15) is 6.92 Å². The molecule has 0 spiro atoms. The van der Waals surface area contributed by atoms with E-state index in [9.17, 15) is 4.79 Å². The van der Waals surface area contributed by atoms with Crippen molar-refractivity contribution in [1.29, 1.82) is 0 Å². The molecule has 5 atom stereocenters. The highest BCUT2D eigenvalue weighted by Crippen LogP contribution is 2.31. The lowest BCUT2D eigenvalue weighted by atomic mass is 9.98. The molecule has 1 heterocycles. The van der Waals surface area contributed by atoms with Crippen molar-refractivity contribution < 1.29 is 33.2 Å². The maximum atomic E-state index is 12.2. The van der Waals surface area contributed by atoms with Crippen molar-refractivity contribution >= 4 is 16.7 Å². The molecule has 3 rings (SSSR count). The summed E-state index contributed by atoms with van der Waals surface area (Å²) in [4.78, 5) is 12.2. The number of methoxy groups -OCH3 is 3. The molecule has 0 amide bonds. The molecule has 0 unspecified atom stereocenters. The number of rotatable bonds is 8. The Balaban J connectivity index is 1.91. The van der Waals surface area contributed by atoms with Crippen LogP contribution in [0, 0.1) is 0 Å². The summed E-state index contributed by atoms with van der Waals surface area (Å²) in [7, 11) is 4.67. The van der Waals surface area contributed by atoms with E-state index in [1.807, 2.05) is 42.5 Å². The highest BCUT2D eigenvalue weighted by atomic mass is 16.7. The van der Waals surface area contributed by atoms with Gasteiger partial charge in [-0.3, -0.25) is 0 Å². The van der Waals surface area contributed by atoms with Crippen LogP contribution in [0.3, 0.4) is 0 Å². The molecule has 7 nitrogen and oxygen atoms in total. The van der Waals surface area contributed by atoms with E-state index < -0.39 is 36.7 Å². The van der Waals surface area contributed by atoms with Gasteiger partial charge in [0.2, 0.25) is 6.29 Å². The van der Waals surface area contributed by atoms with Crippen LogP contribution in [0.2, 0.25) is 0 Å². The number of carbonyl (C=O) groups excluding carboxylic acids is 1. The Morgan fingerprint density at radius 3 is 2.40 bits per heavy atom. The lowest BCUT2D eigenvalue weighted by Gasteiger charge is -2.44. The van der Waals surface area contributed by atoms with Gasteiger partial charge in [-0.25, -0.2) is 4.79 Å². The Morgan fingerprint density at radius 1 is 1.00 bits per heavy atom. The average molecular weight is 416 g/mol. The zero-order valence-electron chi connectivity index (χ0n) is 17.6. The second-order valence-corrected chi connectivity index (χ2v) is 6.93. The van der Waals surface area contributed by atoms with Crippen LogP contribution in [0.25, 0.3) is 10.8 Å². The highest BCUT2D eigenvalue weighted by molar-refractivity contribution is 5.83. The van der Waals surface area contributed by atoms with Crippen LogP contribution >= 0.6 is 0 Å². The van der Waals surface area contributed by atoms with Crippen molar-refractivity contribution in [3.05, 3.63) is 54.6 Å². The molecule has 0 bridgehead atoms. The Bertz CT molecular complexity index is 866. The lowest BCUT2D eigenvalue weighted by Crippen LogP contribution is -2.62. The van der Waals surface area contributed by atoms with E-state index in [4.69, 9.17) is 28.4 Å². The fourth-order valence-corrected chi connectivity index (χ4v) is 3.63. The van der Waals surface area contributed by atoms with Crippen LogP contribution < -0.4 is 4.74 Å². The maximum Gasteiger partial charge on any atom is 0.331 e. The molecule has 1 fully saturated rings. The van der Waals surface area contributed by atoms with E-state index >= 15 is 0 Å². The molecule has 0 aliphatic carbocycles. The summed E-state index contributed by atoms with van der Waals surface area (Å²) in [5.74, 6) is 0.0768. The van der Waals surface area contributed by atoms with Gasteiger partial charge in [0.25, 0.3) is 0 Å². The number of carbonyl (C=O) groups is 1. The van der Waals surface area contributed by atoms with E-state index in [0.717, 1.165) is 10.8 Å². The van der Waals surface area contributed by atoms with Gasteiger partial charge >= 0.3 is 5.97 Å². The van der Waals surface area contributed by atoms with E-state index in [1.54, 1.807) is 27.2 Å². The Hall–Kier alpha value is -2.45. The Kier molecular flexibility index (Phi) is 7.81. The van der Waals surface area contributed by atoms with Gasteiger partial charge in [0.05, 0.1) is 6.61 Å². The number of hydrogen-bond acceptors (Lipinski definition) is 7. The summed E-state index contributed by atoms with van der Waals surface area (Å²) in [6, 6.07) is 13.7. The number of ether oxygens (including phenoxy) is 6. The number of esters is 1. The van der Waals surface area contributed by atoms with Gasteiger partial charge in [-0.05, 0) is 29.8 Å². The first-order valence-corrected chi connectivity index (χ1v) is 9.80. The molecule has 30 heavy (non-hydrogen) atoms. The van der Waals surface area contributed by atoms with Crippen molar-refractivity contribution in [1.82, 2.24) is 0 Å². The van der Waals surface area contributed by atoms with Crippen LogP contribution in [-0.4, -0.2) is 64.6 Å². The normalized spacial score (nSPS) is 26.7. The topological polar surface area (TPSA) is 72.5 Å². The monoisotopic (exact) mass is 416 g/mol. The lowest BCUT2D eigenvalue weighted by molar-refractivity contribution is -0.290. The zero-order chi connectivity index (χ0) is 21.5. The first-order valence-electron chi connectivity index (χ1n) is 9.80. The van der Waals surface area contributed by atoms with Crippen LogP contribution in [0.15, 0.2) is 54.6 Å². The van der Waals surface area contributed by atoms with Gasteiger partial charge in [0.15, 0.2) is 6.10 Å². The predicted octanol–water partition coefficient (Wildman–Crippen LogP) is 3.11. The fourth-order valence-electron chi connectivity index (χ4n) is 3.63. The molecule has 1 aliphatic heterocycles. The summed E-state index contributed by atoms with van der Waals surface area (Å²) in [5.41, 5.74) is 0. The van der Waals surface area contributed by atoms with Crippen LogP contribution in [0.5, 0.6) is 5.75 Å². The minimum atomic E-state index is -0.906. The highest BCUT2D eigenvalue weighted by Gasteiger charge is 2.50. The third-order valence-electron chi connectivity index (χ3n) is 4.99. The molecular weight excluding hydrogens is 388 g/mol. The second-order valence-electron chi connectivity index (χ2n) is 6.93. The van der Waals surface area contributed by atoms with Gasteiger partial charge in [-0.2, -0.15) is 0 Å². The molecule has 162 valence electrons. The van der Waals surface area contributed by atoms with Crippen molar-refractivity contribution in [3.8, 4) is 5.75 Å². The van der Waals surface area contributed by atoms with E-state index in [1.165, 1.54) is 13.2 Å². The number of fused-ring (bicyclic) bond motifs is 1. The first-order chi connectivity index (χ1) is 14.6. The molecule has 0 saturated carbocycles. The van der Waals surface area contributed by atoms with Gasteiger partial charge in [-0.15, -0.1) is 0 Å². The fraction of sp³-hybridized carbons (Fsp3) is 0.435. The number of hydrogen-bond donors (Lipinski definition) is 0. The van der Waals surface area contributed by atoms with Crippen LogP contribution in [0.4, 0.5) is 0 Å². The minimum Gasteiger partial charge on any atom is -0.461 e. The third kappa shape index (κ3) is 4.99. The molecule has 2 aromatic carbocycles. The van der Waals surface area contributed by atoms with Gasteiger partial charge in [0.1, 0.15) is 24.1 Å². The largest absolute Gasteiger partial charge is 0.461 e. The van der Waals surface area contributed by atoms with E-state index in [2.05, 4.69) is 0 Å². The molecule has 1 saturated heterocycles. The minimum absolute atomic E-state index is 0.269. The summed E-state index contributed by atoms with van der Waals surface area (Å²) in [6.07, 6.45) is -0.386. The molecule has 0 aromatic heterocycles. The Morgan fingerprint density at radius 2 is 1.73 bits per heavy atom. The van der Waals surface area contributed by atoms with Crippen molar-refractivity contribution in [2.24, 2.45) is 0 Å². The van der Waals surface area contributed by atoms with E-state index in [-0.39, 0.29) is 6.61 Å². The molecule has 0 radical (unpaired) electrons. The maximum absolute atomic E-state index is 12.2. The SMILES string of the molecule is C/C=C/C(=O)O[C@H]1[C@H](Oc2ccc3ccccc3c2)O[C@H](COC)[C@@H](OC)[C@@H]1OC. The predicted molar refractivity (Wildman–Crippen MR) is 111 cm³/mol. The average Bonchev–Trinajstić information content (AvgIpc) is 2.75. The van der Waals surface area contributed by atoms with Gasteiger partial charge in [-0.1, -0.05) is 36.4 Å². The number of allylic oxidation sites excluding steroid dienone is 1. The van der Waals surface area contributed by atoms with Crippen molar-refractivity contribution in [2.75, 3.05) is 27.9 Å². The van der Waals surface area contributed by atoms with Gasteiger partial charge < -0.3 is 28.4 Å². The van der Waals surface area contributed by atoms with Crippen LogP contribution in [-0.2, 0) is 28.5 Å². The quantitative estimate of drug-likeness (QED) is 0.484. The van der Waals surface area contributed by atoms with Crippen molar-refractivity contribution in [2.45, 2.75) is 37.6 Å². The number of benzene rings is 2. The molecule has 2 aromatic rings. The van der Waals surface area contributed by atoms with Gasteiger partial charge in [0, 0.05) is 27.4 Å². The smallest absolute Gasteiger partial charge is 0.331 e. The third-order valence-corrected chi connectivity index (χ3v) is 4.99. The summed E-state index contributed by atoms with van der Waals surface area (Å²) >= 11 is 0. The molecule has 0 N–H and O–H groups in total. The second kappa shape index (κ2) is 10.5. The molecule has 1 aliphatic rings. The first kappa shape index (κ1) is 22.2.